The lowest BCUT2D eigenvalue weighted by molar-refractivity contribution is 0.0660. The summed E-state index contributed by atoms with van der Waals surface area (Å²) in [5, 5.41) is 2.97. The minimum atomic E-state index is -0.0520. The first-order valence-electron chi connectivity index (χ1n) is 10.6. The number of nitrogens with one attached hydrogen (secondary N) is 1. The molecule has 1 fully saturated rings. The second-order valence-corrected chi connectivity index (χ2v) is 9.17. The molecule has 0 spiro atoms. The highest BCUT2D eigenvalue weighted by Crippen LogP contribution is 2.33. The van der Waals surface area contributed by atoms with Gasteiger partial charge in [-0.05, 0) is 63.9 Å². The van der Waals surface area contributed by atoms with Crippen molar-refractivity contribution < 1.29 is 14.3 Å². The summed E-state index contributed by atoms with van der Waals surface area (Å²) in [6.07, 6.45) is 0.914. The number of likely N-dealkylation sites (N-methyl/N-ethyl adjacent to an activating group) is 1. The zero-order chi connectivity index (χ0) is 22.4. The van der Waals surface area contributed by atoms with Gasteiger partial charge >= 0.3 is 0 Å². The predicted octanol–water partition coefficient (Wildman–Crippen LogP) is 2.49. The number of ether oxygens (including phenoxy) is 1. The van der Waals surface area contributed by atoms with Gasteiger partial charge in [0.2, 0.25) is 0 Å². The zero-order valence-electron chi connectivity index (χ0n) is 18.8. The SMILES string of the molecule is COc1cc(-c2ccc(C(=O)NCCCN(C)C)s2)ccc1C(=O)N1CCN(C)CC1. The van der Waals surface area contributed by atoms with Crippen LogP contribution in [-0.2, 0) is 0 Å². The number of amides is 2. The van der Waals surface area contributed by atoms with Crippen LogP contribution in [0.3, 0.4) is 0 Å². The molecule has 1 aromatic heterocycles. The highest BCUT2D eigenvalue weighted by molar-refractivity contribution is 7.17. The molecule has 1 aliphatic heterocycles. The number of methoxy groups -OCH3 is 1. The fourth-order valence-electron chi connectivity index (χ4n) is 3.50. The molecule has 8 heteroatoms. The molecule has 0 bridgehead atoms. The molecule has 168 valence electrons. The number of carbonyl (C=O) groups excluding carboxylic acids is 2. The third-order valence-corrected chi connectivity index (χ3v) is 6.54. The number of piperazine rings is 1. The maximum atomic E-state index is 13.0. The van der Waals surface area contributed by atoms with Crippen molar-refractivity contribution in [3.05, 3.63) is 40.8 Å². The lowest BCUT2D eigenvalue weighted by Crippen LogP contribution is -2.47. The van der Waals surface area contributed by atoms with Crippen LogP contribution in [-0.4, -0.2) is 94.0 Å². The van der Waals surface area contributed by atoms with E-state index in [0.29, 0.717) is 22.7 Å². The van der Waals surface area contributed by atoms with Crippen molar-refractivity contribution in [1.82, 2.24) is 20.0 Å². The van der Waals surface area contributed by atoms with E-state index in [4.69, 9.17) is 4.74 Å². The molecule has 31 heavy (non-hydrogen) atoms. The molecule has 1 aliphatic rings. The van der Waals surface area contributed by atoms with Gasteiger partial charge in [0.05, 0.1) is 17.6 Å². The molecule has 0 aliphatic carbocycles. The van der Waals surface area contributed by atoms with Gasteiger partial charge in [0.25, 0.3) is 11.8 Å². The van der Waals surface area contributed by atoms with Crippen molar-refractivity contribution in [2.24, 2.45) is 0 Å². The van der Waals surface area contributed by atoms with Crippen molar-refractivity contribution in [2.75, 3.05) is 67.5 Å². The second-order valence-electron chi connectivity index (χ2n) is 8.09. The molecule has 0 saturated carbocycles. The van der Waals surface area contributed by atoms with E-state index in [0.717, 1.165) is 49.6 Å². The Bertz CT molecular complexity index is 904. The van der Waals surface area contributed by atoms with Gasteiger partial charge in [0.1, 0.15) is 5.75 Å². The maximum Gasteiger partial charge on any atom is 0.261 e. The molecular formula is C23H32N4O3S. The number of rotatable bonds is 8. The fraction of sp³-hybridized carbons (Fsp3) is 0.478. The second kappa shape index (κ2) is 10.7. The summed E-state index contributed by atoms with van der Waals surface area (Å²) < 4.78 is 5.54. The Morgan fingerprint density at radius 2 is 1.87 bits per heavy atom. The molecule has 2 heterocycles. The Labute approximate surface area is 188 Å². The van der Waals surface area contributed by atoms with Crippen LogP contribution in [0, 0.1) is 0 Å². The minimum absolute atomic E-state index is 0.000436. The molecule has 2 amide bonds. The number of hydrogen-bond acceptors (Lipinski definition) is 6. The normalized spacial score (nSPS) is 14.7. The Balaban J connectivity index is 1.68. The van der Waals surface area contributed by atoms with Crippen molar-refractivity contribution in [3.63, 3.8) is 0 Å². The molecule has 1 aromatic carbocycles. The first-order chi connectivity index (χ1) is 14.9. The fourth-order valence-corrected chi connectivity index (χ4v) is 4.42. The van der Waals surface area contributed by atoms with Gasteiger partial charge in [0.15, 0.2) is 0 Å². The van der Waals surface area contributed by atoms with Crippen LogP contribution in [0.5, 0.6) is 5.75 Å². The quantitative estimate of drug-likeness (QED) is 0.634. The first-order valence-corrected chi connectivity index (χ1v) is 11.4. The van der Waals surface area contributed by atoms with E-state index in [1.807, 2.05) is 49.3 Å². The van der Waals surface area contributed by atoms with Crippen LogP contribution in [0.4, 0.5) is 0 Å². The van der Waals surface area contributed by atoms with E-state index in [-0.39, 0.29) is 11.8 Å². The van der Waals surface area contributed by atoms with Crippen LogP contribution in [0.25, 0.3) is 10.4 Å². The number of hydrogen-bond donors (Lipinski definition) is 1. The number of nitrogens with zero attached hydrogens (tertiary/aromatic N) is 3. The van der Waals surface area contributed by atoms with Gasteiger partial charge in [0, 0.05) is 37.6 Å². The molecule has 0 radical (unpaired) electrons. The highest BCUT2D eigenvalue weighted by atomic mass is 32.1. The summed E-state index contributed by atoms with van der Waals surface area (Å²) in [5.74, 6) is 0.508. The summed E-state index contributed by atoms with van der Waals surface area (Å²) in [6, 6.07) is 9.42. The van der Waals surface area contributed by atoms with Gasteiger partial charge in [-0.3, -0.25) is 9.59 Å². The molecular weight excluding hydrogens is 412 g/mol. The summed E-state index contributed by atoms with van der Waals surface area (Å²) in [4.78, 5) is 33.2. The average molecular weight is 445 g/mol. The minimum Gasteiger partial charge on any atom is -0.496 e. The average Bonchev–Trinajstić information content (AvgIpc) is 3.26. The van der Waals surface area contributed by atoms with Crippen molar-refractivity contribution in [1.29, 1.82) is 0 Å². The largest absolute Gasteiger partial charge is 0.496 e. The van der Waals surface area contributed by atoms with E-state index >= 15 is 0 Å². The lowest BCUT2D eigenvalue weighted by Gasteiger charge is -2.32. The molecule has 0 unspecified atom stereocenters. The van der Waals surface area contributed by atoms with Crippen molar-refractivity contribution in [2.45, 2.75) is 6.42 Å². The topological polar surface area (TPSA) is 65.1 Å². The Morgan fingerprint density at radius 1 is 1.13 bits per heavy atom. The summed E-state index contributed by atoms with van der Waals surface area (Å²) in [7, 11) is 7.69. The van der Waals surface area contributed by atoms with Gasteiger partial charge in [-0.1, -0.05) is 6.07 Å². The van der Waals surface area contributed by atoms with Gasteiger partial charge < -0.3 is 24.8 Å². The zero-order valence-corrected chi connectivity index (χ0v) is 19.6. The number of thiophene rings is 1. The summed E-state index contributed by atoms with van der Waals surface area (Å²) in [5.41, 5.74) is 1.51. The Hall–Kier alpha value is -2.42. The van der Waals surface area contributed by atoms with Crippen LogP contribution in [0.15, 0.2) is 30.3 Å². The van der Waals surface area contributed by atoms with E-state index in [2.05, 4.69) is 22.2 Å². The van der Waals surface area contributed by atoms with Crippen molar-refractivity contribution >= 4 is 23.2 Å². The van der Waals surface area contributed by atoms with E-state index < -0.39 is 0 Å². The van der Waals surface area contributed by atoms with E-state index in [1.165, 1.54) is 11.3 Å². The lowest BCUT2D eigenvalue weighted by atomic mass is 10.1. The predicted molar refractivity (Wildman–Crippen MR) is 125 cm³/mol. The maximum absolute atomic E-state index is 13.0. The van der Waals surface area contributed by atoms with Crippen molar-refractivity contribution in [3.8, 4) is 16.2 Å². The highest BCUT2D eigenvalue weighted by Gasteiger charge is 2.23. The summed E-state index contributed by atoms with van der Waals surface area (Å²) in [6.45, 7) is 4.79. The van der Waals surface area contributed by atoms with Gasteiger partial charge in [-0.25, -0.2) is 0 Å². The molecule has 7 nitrogen and oxygen atoms in total. The molecule has 3 rings (SSSR count). The van der Waals surface area contributed by atoms with Crippen LogP contribution in [0.1, 0.15) is 26.5 Å². The molecule has 1 saturated heterocycles. The monoisotopic (exact) mass is 444 g/mol. The van der Waals surface area contributed by atoms with E-state index in [1.54, 1.807) is 7.11 Å². The number of benzene rings is 1. The molecule has 0 atom stereocenters. The Morgan fingerprint density at radius 3 is 2.55 bits per heavy atom. The van der Waals surface area contributed by atoms with E-state index in [9.17, 15) is 9.59 Å². The molecule has 2 aromatic rings. The first kappa shape index (κ1) is 23.2. The molecule has 1 N–H and O–H groups in total. The van der Waals surface area contributed by atoms with Gasteiger partial charge in [-0.2, -0.15) is 0 Å². The van der Waals surface area contributed by atoms with Crippen LogP contribution in [0.2, 0.25) is 0 Å². The third kappa shape index (κ3) is 6.06. The van der Waals surface area contributed by atoms with Gasteiger partial charge in [-0.15, -0.1) is 11.3 Å². The standard InChI is InChI=1S/C23H32N4O3S/c1-25(2)11-5-10-24-22(28)21-9-8-20(31-21)17-6-7-18(19(16-17)30-4)23(29)27-14-12-26(3)13-15-27/h6-9,16H,5,10-15H2,1-4H3,(H,24,28). The Kier molecular flexibility index (Phi) is 8.06. The van der Waals surface area contributed by atoms with Crippen LogP contribution < -0.4 is 10.1 Å². The third-order valence-electron chi connectivity index (χ3n) is 5.40. The smallest absolute Gasteiger partial charge is 0.261 e. The summed E-state index contributed by atoms with van der Waals surface area (Å²) >= 11 is 1.44. The van der Waals surface area contributed by atoms with Crippen LogP contribution >= 0.6 is 11.3 Å². The number of carbonyl (C=O) groups is 2.